The molecule has 2 fully saturated rings. The fourth-order valence-electron chi connectivity index (χ4n) is 3.97. The highest BCUT2D eigenvalue weighted by atomic mass is 16.5. The lowest BCUT2D eigenvalue weighted by Crippen LogP contribution is -2.52. The van der Waals surface area contributed by atoms with Gasteiger partial charge in [0.15, 0.2) is 0 Å². The van der Waals surface area contributed by atoms with Crippen molar-refractivity contribution < 1.29 is 9.84 Å². The second-order valence-electron chi connectivity index (χ2n) is 6.90. The molecular weight excluding hydrogens is 252 g/mol. The van der Waals surface area contributed by atoms with E-state index in [4.69, 9.17) is 10.5 Å². The van der Waals surface area contributed by atoms with Gasteiger partial charge in [-0.2, -0.15) is 0 Å². The number of hydrogen-bond donors (Lipinski definition) is 2. The predicted molar refractivity (Wildman–Crippen MR) is 81.6 cm³/mol. The largest absolute Gasteiger partial charge is 0.388 e. The average Bonchev–Trinajstić information content (AvgIpc) is 2.46. The Kier molecular flexibility index (Phi) is 5.84. The van der Waals surface area contributed by atoms with Crippen molar-refractivity contribution in [3.8, 4) is 0 Å². The number of ether oxygens (including phenoxy) is 1. The Hall–Kier alpha value is -0.160. The van der Waals surface area contributed by atoms with Crippen molar-refractivity contribution in [3.63, 3.8) is 0 Å². The summed E-state index contributed by atoms with van der Waals surface area (Å²) in [7, 11) is 2.17. The molecule has 20 heavy (non-hydrogen) atoms. The van der Waals surface area contributed by atoms with E-state index in [1.165, 1.54) is 25.7 Å². The van der Waals surface area contributed by atoms with E-state index in [1.54, 1.807) is 0 Å². The van der Waals surface area contributed by atoms with E-state index < -0.39 is 5.60 Å². The van der Waals surface area contributed by atoms with Gasteiger partial charge in [0.05, 0.1) is 5.60 Å². The van der Waals surface area contributed by atoms with Crippen LogP contribution in [0.4, 0.5) is 0 Å². The molecule has 3 unspecified atom stereocenters. The SMILES string of the molecule is CCC1CCC(CN)C(N(C)CC2(O)CCOCC2)C1. The molecule has 0 bridgehead atoms. The van der Waals surface area contributed by atoms with E-state index in [1.807, 2.05) is 0 Å². The van der Waals surface area contributed by atoms with E-state index in [2.05, 4.69) is 18.9 Å². The van der Waals surface area contributed by atoms with Gasteiger partial charge in [0.25, 0.3) is 0 Å². The monoisotopic (exact) mass is 284 g/mol. The molecule has 1 saturated carbocycles. The molecule has 0 aromatic carbocycles. The quantitative estimate of drug-likeness (QED) is 0.805. The Labute approximate surface area is 123 Å². The third kappa shape index (κ3) is 3.94. The number of aliphatic hydroxyl groups is 1. The van der Waals surface area contributed by atoms with Crippen molar-refractivity contribution in [1.29, 1.82) is 0 Å². The van der Waals surface area contributed by atoms with Crippen LogP contribution in [0.25, 0.3) is 0 Å². The summed E-state index contributed by atoms with van der Waals surface area (Å²) in [5, 5.41) is 10.7. The highest BCUT2D eigenvalue weighted by molar-refractivity contribution is 4.91. The number of nitrogens with zero attached hydrogens (tertiary/aromatic N) is 1. The lowest BCUT2D eigenvalue weighted by molar-refractivity contribution is -0.0870. The van der Waals surface area contributed by atoms with Crippen molar-refractivity contribution in [2.75, 3.05) is 33.4 Å². The molecule has 0 aromatic rings. The summed E-state index contributed by atoms with van der Waals surface area (Å²) in [6.07, 6.45) is 6.58. The second-order valence-corrected chi connectivity index (χ2v) is 6.90. The molecule has 4 heteroatoms. The van der Waals surface area contributed by atoms with Gasteiger partial charge >= 0.3 is 0 Å². The molecule has 1 aliphatic carbocycles. The number of nitrogens with two attached hydrogens (primary N) is 1. The van der Waals surface area contributed by atoms with Crippen LogP contribution in [0.1, 0.15) is 45.4 Å². The first-order valence-corrected chi connectivity index (χ1v) is 8.28. The lowest BCUT2D eigenvalue weighted by Gasteiger charge is -2.44. The highest BCUT2D eigenvalue weighted by Crippen LogP contribution is 2.34. The van der Waals surface area contributed by atoms with Crippen LogP contribution < -0.4 is 5.73 Å². The zero-order chi connectivity index (χ0) is 14.6. The molecule has 3 N–H and O–H groups in total. The Morgan fingerprint density at radius 3 is 2.60 bits per heavy atom. The van der Waals surface area contributed by atoms with Crippen LogP contribution in [0.5, 0.6) is 0 Å². The van der Waals surface area contributed by atoms with E-state index in [9.17, 15) is 5.11 Å². The first-order valence-electron chi connectivity index (χ1n) is 8.28. The summed E-state index contributed by atoms with van der Waals surface area (Å²) in [5.74, 6) is 1.42. The summed E-state index contributed by atoms with van der Waals surface area (Å²) in [6, 6.07) is 0.533. The molecular formula is C16H32N2O2. The zero-order valence-electron chi connectivity index (χ0n) is 13.2. The molecule has 118 valence electrons. The van der Waals surface area contributed by atoms with Gasteiger partial charge in [0.1, 0.15) is 0 Å². The molecule has 4 nitrogen and oxygen atoms in total. The summed E-state index contributed by atoms with van der Waals surface area (Å²) >= 11 is 0. The third-order valence-corrected chi connectivity index (χ3v) is 5.48. The van der Waals surface area contributed by atoms with Gasteiger partial charge in [-0.05, 0) is 38.3 Å². The minimum atomic E-state index is -0.564. The zero-order valence-corrected chi connectivity index (χ0v) is 13.2. The van der Waals surface area contributed by atoms with E-state index >= 15 is 0 Å². The van der Waals surface area contributed by atoms with Crippen molar-refractivity contribution in [3.05, 3.63) is 0 Å². The van der Waals surface area contributed by atoms with Crippen LogP contribution in [-0.2, 0) is 4.74 Å². The maximum absolute atomic E-state index is 10.7. The molecule has 1 aliphatic heterocycles. The summed E-state index contributed by atoms with van der Waals surface area (Å²) < 4.78 is 5.37. The van der Waals surface area contributed by atoms with Gasteiger partial charge in [0, 0.05) is 38.6 Å². The summed E-state index contributed by atoms with van der Waals surface area (Å²) in [5.41, 5.74) is 5.41. The van der Waals surface area contributed by atoms with Gasteiger partial charge in [-0.1, -0.05) is 19.8 Å². The fraction of sp³-hybridized carbons (Fsp3) is 1.00. The maximum Gasteiger partial charge on any atom is 0.0817 e. The molecule has 0 radical (unpaired) electrons. The molecule has 0 aromatic heterocycles. The van der Waals surface area contributed by atoms with Crippen LogP contribution >= 0.6 is 0 Å². The van der Waals surface area contributed by atoms with Crippen LogP contribution in [0.15, 0.2) is 0 Å². The lowest BCUT2D eigenvalue weighted by atomic mass is 9.76. The van der Waals surface area contributed by atoms with E-state index in [-0.39, 0.29) is 0 Å². The number of hydrogen-bond acceptors (Lipinski definition) is 4. The van der Waals surface area contributed by atoms with Gasteiger partial charge in [-0.3, -0.25) is 0 Å². The van der Waals surface area contributed by atoms with Gasteiger partial charge in [0.2, 0.25) is 0 Å². The summed E-state index contributed by atoms with van der Waals surface area (Å²) in [4.78, 5) is 2.38. The van der Waals surface area contributed by atoms with Crippen molar-refractivity contribution >= 4 is 0 Å². The van der Waals surface area contributed by atoms with Gasteiger partial charge < -0.3 is 20.5 Å². The smallest absolute Gasteiger partial charge is 0.0817 e. The first-order chi connectivity index (χ1) is 9.58. The normalized spacial score (nSPS) is 34.4. The number of likely N-dealkylation sites (N-methyl/N-ethyl adjacent to an activating group) is 1. The fourth-order valence-corrected chi connectivity index (χ4v) is 3.97. The van der Waals surface area contributed by atoms with Crippen LogP contribution in [0.3, 0.4) is 0 Å². The standard InChI is InChI=1S/C16H32N2O2/c1-3-13-4-5-14(11-17)15(10-13)18(2)12-16(19)6-8-20-9-7-16/h13-15,19H,3-12,17H2,1-2H3. The predicted octanol–water partition coefficient (Wildman–Crippen LogP) is 1.61. The molecule has 2 rings (SSSR count). The van der Waals surface area contributed by atoms with Crippen molar-refractivity contribution in [2.24, 2.45) is 17.6 Å². The van der Waals surface area contributed by atoms with Crippen LogP contribution in [0, 0.1) is 11.8 Å². The highest BCUT2D eigenvalue weighted by Gasteiger charge is 2.37. The second kappa shape index (κ2) is 7.21. The molecule has 1 saturated heterocycles. The molecule has 0 amide bonds. The minimum Gasteiger partial charge on any atom is -0.388 e. The van der Waals surface area contributed by atoms with Gasteiger partial charge in [-0.25, -0.2) is 0 Å². The topological polar surface area (TPSA) is 58.7 Å². The van der Waals surface area contributed by atoms with Crippen LogP contribution in [0.2, 0.25) is 0 Å². The number of rotatable bonds is 5. The molecule has 3 atom stereocenters. The Bertz CT molecular complexity index is 292. The van der Waals surface area contributed by atoms with Gasteiger partial charge in [-0.15, -0.1) is 0 Å². The van der Waals surface area contributed by atoms with Crippen molar-refractivity contribution in [2.45, 2.75) is 57.1 Å². The molecule has 0 spiro atoms. The third-order valence-electron chi connectivity index (χ3n) is 5.48. The Morgan fingerprint density at radius 1 is 1.30 bits per heavy atom. The molecule has 2 aliphatic rings. The first kappa shape index (κ1) is 16.2. The Balaban J connectivity index is 1.95. The summed E-state index contributed by atoms with van der Waals surface area (Å²) in [6.45, 7) is 5.19. The maximum atomic E-state index is 10.7. The minimum absolute atomic E-state index is 0.533. The average molecular weight is 284 g/mol. The van der Waals surface area contributed by atoms with E-state index in [0.717, 1.165) is 31.8 Å². The van der Waals surface area contributed by atoms with Crippen LogP contribution in [-0.4, -0.2) is 55.0 Å². The molecule has 1 heterocycles. The van der Waals surface area contributed by atoms with E-state index in [0.29, 0.717) is 25.2 Å². The van der Waals surface area contributed by atoms with Crippen molar-refractivity contribution in [1.82, 2.24) is 4.90 Å². The Morgan fingerprint density at radius 2 is 2.00 bits per heavy atom.